The highest BCUT2D eigenvalue weighted by Crippen LogP contribution is 2.16. The zero-order valence-electron chi connectivity index (χ0n) is 11.0. The van der Waals surface area contributed by atoms with E-state index in [4.69, 9.17) is 23.4 Å². The van der Waals surface area contributed by atoms with Gasteiger partial charge in [0.25, 0.3) is 5.91 Å². The van der Waals surface area contributed by atoms with Crippen molar-refractivity contribution >= 4 is 52.3 Å². The van der Waals surface area contributed by atoms with Crippen molar-refractivity contribution in [3.8, 4) is 0 Å². The van der Waals surface area contributed by atoms with Crippen molar-refractivity contribution in [3.05, 3.63) is 30.3 Å². The molecule has 0 radical (unpaired) electrons. The molecule has 8 nitrogen and oxygen atoms in total. The molecule has 0 aliphatic heterocycles. The van der Waals surface area contributed by atoms with Gasteiger partial charge in [-0.3, -0.25) is 19.2 Å². The summed E-state index contributed by atoms with van der Waals surface area (Å²) in [6, 6.07) is 7.75. The molecule has 22 heavy (non-hydrogen) atoms. The Morgan fingerprint density at radius 1 is 1.05 bits per heavy atom. The van der Waals surface area contributed by atoms with Gasteiger partial charge in [-0.1, -0.05) is 18.2 Å². The van der Waals surface area contributed by atoms with Crippen molar-refractivity contribution in [1.29, 1.82) is 0 Å². The maximum Gasteiger partial charge on any atom is 0.446 e. The fourth-order valence-corrected chi connectivity index (χ4v) is 1.59. The zero-order valence-corrected chi connectivity index (χ0v) is 12.6. The standard InChI is InChI=1S/C12H11Cl2N3O5/c13-11(20)17(8-4-2-1-3-5-8)12(21)22-16-10(19)7-6-9(18)15-14/h1-5H,6-7H2,(H,15,18)(H,16,19). The average Bonchev–Trinajstić information content (AvgIpc) is 2.51. The third kappa shape index (κ3) is 5.58. The number of amides is 4. The highest BCUT2D eigenvalue weighted by Gasteiger charge is 2.24. The molecular weight excluding hydrogens is 337 g/mol. The Kier molecular flexibility index (Phi) is 7.14. The number of para-hydroxylation sites is 1. The summed E-state index contributed by atoms with van der Waals surface area (Å²) in [5.74, 6) is -1.31. The summed E-state index contributed by atoms with van der Waals surface area (Å²) in [4.78, 5) is 52.0. The molecule has 0 aliphatic carbocycles. The van der Waals surface area contributed by atoms with Gasteiger partial charge in [0.05, 0.1) is 5.69 Å². The van der Waals surface area contributed by atoms with Crippen LogP contribution < -0.4 is 15.2 Å². The second-order valence-corrected chi connectivity index (χ2v) is 4.35. The van der Waals surface area contributed by atoms with Crippen LogP contribution in [0.2, 0.25) is 0 Å². The van der Waals surface area contributed by atoms with Crippen LogP contribution in [0.4, 0.5) is 15.3 Å². The van der Waals surface area contributed by atoms with Gasteiger partial charge in [-0.25, -0.2) is 4.79 Å². The SMILES string of the molecule is O=C(CCC(=O)NOC(=O)N(C(=O)Cl)c1ccccc1)NCl. The van der Waals surface area contributed by atoms with Crippen LogP contribution in [-0.4, -0.2) is 23.3 Å². The number of hydrogen-bond acceptors (Lipinski definition) is 5. The summed E-state index contributed by atoms with van der Waals surface area (Å²) >= 11 is 10.3. The first kappa shape index (κ1) is 17.7. The van der Waals surface area contributed by atoms with Gasteiger partial charge in [-0.2, -0.15) is 10.4 Å². The van der Waals surface area contributed by atoms with Crippen LogP contribution >= 0.6 is 23.4 Å². The van der Waals surface area contributed by atoms with E-state index in [-0.39, 0.29) is 18.5 Å². The molecule has 0 aliphatic rings. The number of halogens is 2. The maximum absolute atomic E-state index is 11.8. The summed E-state index contributed by atoms with van der Waals surface area (Å²) in [6.07, 6.45) is -1.64. The molecule has 2 N–H and O–H groups in total. The fourth-order valence-electron chi connectivity index (χ4n) is 1.33. The van der Waals surface area contributed by atoms with Gasteiger partial charge in [0.2, 0.25) is 5.91 Å². The molecule has 0 spiro atoms. The second kappa shape index (κ2) is 8.85. The lowest BCUT2D eigenvalue weighted by Gasteiger charge is -2.16. The van der Waals surface area contributed by atoms with Crippen molar-refractivity contribution in [3.63, 3.8) is 0 Å². The molecule has 1 aromatic rings. The van der Waals surface area contributed by atoms with Gasteiger partial charge < -0.3 is 4.84 Å². The van der Waals surface area contributed by atoms with Crippen LogP contribution in [0.5, 0.6) is 0 Å². The number of carbonyl (C=O) groups excluding carboxylic acids is 4. The lowest BCUT2D eigenvalue weighted by Crippen LogP contribution is -2.39. The van der Waals surface area contributed by atoms with Crippen LogP contribution in [0.3, 0.4) is 0 Å². The fraction of sp³-hybridized carbons (Fsp3) is 0.167. The normalized spacial score (nSPS) is 9.55. The van der Waals surface area contributed by atoms with E-state index in [0.717, 1.165) is 0 Å². The minimum Gasteiger partial charge on any atom is -0.321 e. The maximum atomic E-state index is 11.8. The van der Waals surface area contributed by atoms with Crippen LogP contribution in [0.25, 0.3) is 0 Å². The molecule has 0 bridgehead atoms. The predicted molar refractivity (Wildman–Crippen MR) is 78.0 cm³/mol. The third-order valence-corrected chi connectivity index (χ3v) is 2.69. The van der Waals surface area contributed by atoms with E-state index in [9.17, 15) is 19.2 Å². The molecule has 0 saturated carbocycles. The van der Waals surface area contributed by atoms with E-state index in [0.29, 0.717) is 4.90 Å². The summed E-state index contributed by atoms with van der Waals surface area (Å²) in [6.45, 7) is 0. The monoisotopic (exact) mass is 347 g/mol. The van der Waals surface area contributed by atoms with Crippen molar-refractivity contribution in [2.75, 3.05) is 4.90 Å². The summed E-state index contributed by atoms with van der Waals surface area (Å²) in [5.41, 5.74) is 1.97. The molecule has 118 valence electrons. The van der Waals surface area contributed by atoms with Gasteiger partial charge in [0.15, 0.2) is 0 Å². The van der Waals surface area contributed by atoms with Gasteiger partial charge in [0, 0.05) is 24.6 Å². The molecule has 0 saturated heterocycles. The van der Waals surface area contributed by atoms with E-state index < -0.39 is 23.3 Å². The van der Waals surface area contributed by atoms with E-state index >= 15 is 0 Å². The van der Waals surface area contributed by atoms with Crippen molar-refractivity contribution in [2.24, 2.45) is 0 Å². The predicted octanol–water partition coefficient (Wildman–Crippen LogP) is 2.07. The molecule has 1 rings (SSSR count). The molecule has 0 fully saturated rings. The van der Waals surface area contributed by atoms with Gasteiger partial charge in [0.1, 0.15) is 0 Å². The number of nitrogens with zero attached hydrogens (tertiary/aromatic N) is 1. The van der Waals surface area contributed by atoms with Crippen molar-refractivity contribution in [2.45, 2.75) is 12.8 Å². The Morgan fingerprint density at radius 2 is 1.64 bits per heavy atom. The molecule has 4 amide bonds. The zero-order chi connectivity index (χ0) is 16.5. The first-order chi connectivity index (χ1) is 10.5. The summed E-state index contributed by atoms with van der Waals surface area (Å²) in [5, 5.41) is -1.10. The minimum atomic E-state index is -1.19. The topological polar surface area (TPSA) is 105 Å². The number of carbonyl (C=O) groups is 4. The van der Waals surface area contributed by atoms with Crippen molar-refractivity contribution < 1.29 is 24.0 Å². The number of hydroxylamine groups is 1. The summed E-state index contributed by atoms with van der Waals surface area (Å²) < 4.78 is 0. The Morgan fingerprint density at radius 3 is 2.18 bits per heavy atom. The Bertz CT molecular complexity index is 567. The van der Waals surface area contributed by atoms with Crippen molar-refractivity contribution in [1.82, 2.24) is 10.3 Å². The average molecular weight is 348 g/mol. The van der Waals surface area contributed by atoms with Gasteiger partial charge >= 0.3 is 11.5 Å². The Labute approximate surface area is 135 Å². The van der Waals surface area contributed by atoms with E-state index in [1.807, 2.05) is 4.84 Å². The number of imide groups is 1. The van der Waals surface area contributed by atoms with Gasteiger partial charge in [-0.05, 0) is 23.7 Å². The Hall–Kier alpha value is -2.32. The lowest BCUT2D eigenvalue weighted by molar-refractivity contribution is -0.131. The first-order valence-electron chi connectivity index (χ1n) is 5.89. The van der Waals surface area contributed by atoms with Crippen LogP contribution in [-0.2, 0) is 14.4 Å². The number of anilines is 1. The largest absolute Gasteiger partial charge is 0.446 e. The molecule has 10 heteroatoms. The smallest absolute Gasteiger partial charge is 0.321 e. The van der Waals surface area contributed by atoms with Crippen LogP contribution in [0.1, 0.15) is 12.8 Å². The molecule has 1 aromatic carbocycles. The Balaban J connectivity index is 2.57. The molecule has 0 unspecified atom stereocenters. The number of rotatable bonds is 4. The molecule has 0 aromatic heterocycles. The highest BCUT2D eigenvalue weighted by atomic mass is 35.5. The quantitative estimate of drug-likeness (QED) is 0.375. The second-order valence-electron chi connectivity index (χ2n) is 3.83. The first-order valence-corrected chi connectivity index (χ1v) is 6.65. The molecule has 0 heterocycles. The number of benzene rings is 1. The molecule has 0 atom stereocenters. The third-order valence-electron chi connectivity index (χ3n) is 2.31. The van der Waals surface area contributed by atoms with Crippen LogP contribution in [0.15, 0.2) is 30.3 Å². The lowest BCUT2D eigenvalue weighted by atomic mass is 10.3. The van der Waals surface area contributed by atoms with Crippen LogP contribution in [0, 0.1) is 0 Å². The van der Waals surface area contributed by atoms with E-state index in [2.05, 4.69) is 4.84 Å². The van der Waals surface area contributed by atoms with E-state index in [1.54, 1.807) is 23.7 Å². The number of hydrogen-bond donors (Lipinski definition) is 2. The van der Waals surface area contributed by atoms with Gasteiger partial charge in [-0.15, -0.1) is 0 Å². The minimum absolute atomic E-state index is 0.170. The highest BCUT2D eigenvalue weighted by molar-refractivity contribution is 6.68. The molecular formula is C12H11Cl2N3O5. The van der Waals surface area contributed by atoms with E-state index in [1.165, 1.54) is 12.1 Å². The number of nitrogens with one attached hydrogen (secondary N) is 2. The summed E-state index contributed by atoms with van der Waals surface area (Å²) in [7, 11) is 0.